The van der Waals surface area contributed by atoms with Gasteiger partial charge < -0.3 is 15.2 Å². The summed E-state index contributed by atoms with van der Waals surface area (Å²) in [5.74, 6) is 0.918. The van der Waals surface area contributed by atoms with Gasteiger partial charge >= 0.3 is 0 Å². The van der Waals surface area contributed by atoms with E-state index < -0.39 is 0 Å². The molecule has 1 aromatic heterocycles. The number of benzene rings is 1. The summed E-state index contributed by atoms with van der Waals surface area (Å²) in [5, 5.41) is 8.67. The van der Waals surface area contributed by atoms with Crippen LogP contribution in [-0.2, 0) is 25.9 Å². The fourth-order valence-electron chi connectivity index (χ4n) is 4.86. The Labute approximate surface area is 152 Å². The molecule has 2 heterocycles. The number of rotatable bonds is 6. The van der Waals surface area contributed by atoms with E-state index in [2.05, 4.69) is 40.3 Å². The van der Waals surface area contributed by atoms with Crippen LogP contribution in [0.25, 0.3) is 10.9 Å². The van der Waals surface area contributed by atoms with Crippen LogP contribution in [0.1, 0.15) is 55.8 Å². The summed E-state index contributed by atoms with van der Waals surface area (Å²) in [6, 6.07) is 7.15. The molecule has 0 unspecified atom stereocenters. The average molecular weight is 340 g/mol. The van der Waals surface area contributed by atoms with Crippen LogP contribution in [0.5, 0.6) is 0 Å². The normalized spacial score (nSPS) is 18.6. The molecule has 136 valence electrons. The van der Waals surface area contributed by atoms with Crippen molar-refractivity contribution in [2.45, 2.75) is 65.0 Å². The third-order valence-electron chi connectivity index (χ3n) is 6.27. The van der Waals surface area contributed by atoms with Gasteiger partial charge in [0.25, 0.3) is 0 Å². The highest BCUT2D eigenvalue weighted by Crippen LogP contribution is 2.32. The number of hydrogen-bond donors (Lipinski definition) is 2. The number of piperidine rings is 1. The molecule has 4 rings (SSSR count). The first-order chi connectivity index (χ1) is 12.4. The number of aryl methyl sites for hydroxylation is 2. The van der Waals surface area contributed by atoms with E-state index in [4.69, 9.17) is 0 Å². The largest absolute Gasteiger partial charge is 0.345 e. The van der Waals surface area contributed by atoms with Crippen molar-refractivity contribution < 1.29 is 0 Å². The summed E-state index contributed by atoms with van der Waals surface area (Å²) in [7, 11) is 0. The van der Waals surface area contributed by atoms with E-state index in [1.807, 2.05) is 0 Å². The molecule has 0 amide bonds. The van der Waals surface area contributed by atoms with Gasteiger partial charge in [-0.1, -0.05) is 6.07 Å². The van der Waals surface area contributed by atoms with Gasteiger partial charge in [0.2, 0.25) is 0 Å². The smallest absolute Gasteiger partial charge is 0.0485 e. The first-order valence-corrected chi connectivity index (χ1v) is 10.4. The van der Waals surface area contributed by atoms with Gasteiger partial charge in [0.05, 0.1) is 0 Å². The molecule has 0 spiro atoms. The standard InChI is InChI=1S/C22H33N3/c1-2-25-21-6-4-3-5-19(21)20-15-18(7-8-22(20)25)16-24-14-11-17-9-12-23-13-10-17/h7-8,15,17,23-24H,2-6,9-14,16H2,1H3. The van der Waals surface area contributed by atoms with Crippen LogP contribution in [0, 0.1) is 5.92 Å². The fraction of sp³-hybridized carbons (Fsp3) is 0.636. The summed E-state index contributed by atoms with van der Waals surface area (Å²) in [6.45, 7) is 7.95. The van der Waals surface area contributed by atoms with E-state index in [0.717, 1.165) is 25.6 Å². The van der Waals surface area contributed by atoms with E-state index in [1.165, 1.54) is 74.5 Å². The third-order valence-corrected chi connectivity index (χ3v) is 6.27. The lowest BCUT2D eigenvalue weighted by Crippen LogP contribution is -2.29. The van der Waals surface area contributed by atoms with Crippen molar-refractivity contribution in [1.29, 1.82) is 0 Å². The van der Waals surface area contributed by atoms with Crippen molar-refractivity contribution in [2.75, 3.05) is 19.6 Å². The number of nitrogens with zero attached hydrogens (tertiary/aromatic N) is 1. The van der Waals surface area contributed by atoms with Gasteiger partial charge in [-0.05, 0) is 101 Å². The molecule has 0 radical (unpaired) electrons. The lowest BCUT2D eigenvalue weighted by Gasteiger charge is -2.22. The zero-order valence-electron chi connectivity index (χ0n) is 15.7. The van der Waals surface area contributed by atoms with E-state index in [0.29, 0.717) is 0 Å². The monoisotopic (exact) mass is 339 g/mol. The summed E-state index contributed by atoms with van der Waals surface area (Å²) < 4.78 is 2.55. The predicted molar refractivity (Wildman–Crippen MR) is 106 cm³/mol. The van der Waals surface area contributed by atoms with Crippen molar-refractivity contribution in [1.82, 2.24) is 15.2 Å². The van der Waals surface area contributed by atoms with Gasteiger partial charge in [-0.15, -0.1) is 0 Å². The molecule has 2 aliphatic rings. The molecule has 1 fully saturated rings. The van der Waals surface area contributed by atoms with Crippen molar-refractivity contribution >= 4 is 10.9 Å². The Morgan fingerprint density at radius 2 is 2.00 bits per heavy atom. The Hall–Kier alpha value is -1.32. The van der Waals surface area contributed by atoms with E-state index in [-0.39, 0.29) is 0 Å². The van der Waals surface area contributed by atoms with Gasteiger partial charge in [-0.2, -0.15) is 0 Å². The number of nitrogens with one attached hydrogen (secondary N) is 2. The molecule has 2 N–H and O–H groups in total. The maximum absolute atomic E-state index is 3.69. The predicted octanol–water partition coefficient (Wildman–Crippen LogP) is 4.02. The Kier molecular flexibility index (Phi) is 5.42. The van der Waals surface area contributed by atoms with Gasteiger partial charge in [0, 0.05) is 29.7 Å². The molecule has 0 bridgehead atoms. The SMILES string of the molecule is CCn1c2c(c3cc(CNCCC4CCNCC4)ccc31)CCCC2. The Bertz CT molecular complexity index is 710. The maximum Gasteiger partial charge on any atom is 0.0485 e. The summed E-state index contributed by atoms with van der Waals surface area (Å²) in [4.78, 5) is 0. The molecule has 3 heteroatoms. The highest BCUT2D eigenvalue weighted by molar-refractivity contribution is 5.86. The van der Waals surface area contributed by atoms with E-state index in [9.17, 15) is 0 Å². The minimum absolute atomic E-state index is 0.918. The van der Waals surface area contributed by atoms with Crippen molar-refractivity contribution in [3.8, 4) is 0 Å². The molecular weight excluding hydrogens is 306 g/mol. The zero-order chi connectivity index (χ0) is 17.1. The zero-order valence-corrected chi connectivity index (χ0v) is 15.7. The van der Waals surface area contributed by atoms with Gasteiger partial charge in [-0.3, -0.25) is 0 Å². The molecule has 1 saturated heterocycles. The van der Waals surface area contributed by atoms with Crippen LogP contribution in [-0.4, -0.2) is 24.2 Å². The van der Waals surface area contributed by atoms with Crippen molar-refractivity contribution in [2.24, 2.45) is 5.92 Å². The minimum atomic E-state index is 0.918. The van der Waals surface area contributed by atoms with Crippen molar-refractivity contribution in [3.05, 3.63) is 35.0 Å². The molecule has 1 aliphatic carbocycles. The van der Waals surface area contributed by atoms with Gasteiger partial charge in [0.1, 0.15) is 0 Å². The Morgan fingerprint density at radius 1 is 1.16 bits per heavy atom. The van der Waals surface area contributed by atoms with E-state index >= 15 is 0 Å². The molecule has 2 aromatic rings. The van der Waals surface area contributed by atoms with E-state index in [1.54, 1.807) is 11.3 Å². The van der Waals surface area contributed by atoms with Crippen molar-refractivity contribution in [3.63, 3.8) is 0 Å². The second-order valence-corrected chi connectivity index (χ2v) is 7.89. The first-order valence-electron chi connectivity index (χ1n) is 10.4. The van der Waals surface area contributed by atoms with Crippen LogP contribution >= 0.6 is 0 Å². The molecule has 3 nitrogen and oxygen atoms in total. The van der Waals surface area contributed by atoms with Crippen LogP contribution < -0.4 is 10.6 Å². The molecule has 0 atom stereocenters. The highest BCUT2D eigenvalue weighted by Gasteiger charge is 2.19. The van der Waals surface area contributed by atoms with Crippen LogP contribution in [0.2, 0.25) is 0 Å². The minimum Gasteiger partial charge on any atom is -0.345 e. The molecule has 25 heavy (non-hydrogen) atoms. The maximum atomic E-state index is 3.69. The first kappa shape index (κ1) is 17.1. The number of aromatic nitrogens is 1. The molecule has 1 aliphatic heterocycles. The third kappa shape index (κ3) is 3.63. The van der Waals surface area contributed by atoms with Gasteiger partial charge in [0.15, 0.2) is 0 Å². The van der Waals surface area contributed by atoms with Gasteiger partial charge in [-0.25, -0.2) is 0 Å². The second kappa shape index (κ2) is 7.92. The lowest BCUT2D eigenvalue weighted by atomic mass is 9.94. The fourth-order valence-corrected chi connectivity index (χ4v) is 4.86. The van der Waals surface area contributed by atoms with Crippen LogP contribution in [0.4, 0.5) is 0 Å². The summed E-state index contributed by atoms with van der Waals surface area (Å²) in [5.41, 5.74) is 6.15. The summed E-state index contributed by atoms with van der Waals surface area (Å²) >= 11 is 0. The van der Waals surface area contributed by atoms with Crippen LogP contribution in [0.3, 0.4) is 0 Å². The molecule has 0 saturated carbocycles. The van der Waals surface area contributed by atoms with Crippen LogP contribution in [0.15, 0.2) is 18.2 Å². The lowest BCUT2D eigenvalue weighted by molar-refractivity contribution is 0.348. The quantitative estimate of drug-likeness (QED) is 0.778. The highest BCUT2D eigenvalue weighted by atomic mass is 15.0. The number of fused-ring (bicyclic) bond motifs is 3. The Morgan fingerprint density at radius 3 is 2.84 bits per heavy atom. The summed E-state index contributed by atoms with van der Waals surface area (Å²) in [6.07, 6.45) is 9.27. The molecule has 1 aromatic carbocycles. The average Bonchev–Trinajstić information content (AvgIpc) is 2.99. The molecular formula is C22H33N3. The Balaban J connectivity index is 1.42. The topological polar surface area (TPSA) is 29.0 Å². The number of hydrogen-bond acceptors (Lipinski definition) is 2. The second-order valence-electron chi connectivity index (χ2n) is 7.89.